The van der Waals surface area contributed by atoms with Crippen LogP contribution in [0.25, 0.3) is 6.08 Å². The molecule has 1 aliphatic carbocycles. The van der Waals surface area contributed by atoms with Crippen molar-refractivity contribution in [2.24, 2.45) is 5.92 Å². The van der Waals surface area contributed by atoms with Gasteiger partial charge < -0.3 is 19.2 Å². The van der Waals surface area contributed by atoms with Gasteiger partial charge in [0.1, 0.15) is 36.4 Å². The fourth-order valence-corrected chi connectivity index (χ4v) is 2.97. The Morgan fingerprint density at radius 3 is 2.73 bits per heavy atom. The van der Waals surface area contributed by atoms with Crippen LogP contribution in [0.3, 0.4) is 0 Å². The number of furan rings is 1. The van der Waals surface area contributed by atoms with Crippen LogP contribution in [0, 0.1) is 17.2 Å². The molecule has 1 amide bonds. The van der Waals surface area contributed by atoms with Gasteiger partial charge >= 0.3 is 0 Å². The molecule has 0 unspecified atom stereocenters. The lowest BCUT2D eigenvalue weighted by Crippen LogP contribution is -2.17. The standard InChI is InChI=1S/C20H18N2O4/c1-12-8-16(12)17-5-3-15(26-17)9-13(11-21)20(23)22-14-2-4-18-19(10-14)25-7-6-24-18/h2-5,9-10,12,16H,6-8H2,1H3,(H,22,23)/b13-9+/t12-,16-/m1/s1. The summed E-state index contributed by atoms with van der Waals surface area (Å²) < 4.78 is 16.7. The summed E-state index contributed by atoms with van der Waals surface area (Å²) in [6, 6.07) is 10.7. The van der Waals surface area contributed by atoms with Crippen LogP contribution in [0.2, 0.25) is 0 Å². The number of ether oxygens (including phenoxy) is 2. The largest absolute Gasteiger partial charge is 0.486 e. The zero-order valence-electron chi connectivity index (χ0n) is 14.3. The van der Waals surface area contributed by atoms with Gasteiger partial charge in [0, 0.05) is 23.7 Å². The first-order valence-electron chi connectivity index (χ1n) is 8.56. The third kappa shape index (κ3) is 3.29. The van der Waals surface area contributed by atoms with Crippen molar-refractivity contribution in [1.29, 1.82) is 5.26 Å². The molecule has 1 saturated carbocycles. The molecule has 0 radical (unpaired) electrons. The monoisotopic (exact) mass is 350 g/mol. The number of carbonyl (C=O) groups is 1. The number of hydrogen-bond donors (Lipinski definition) is 1. The predicted molar refractivity (Wildman–Crippen MR) is 94.9 cm³/mol. The van der Waals surface area contributed by atoms with Crippen LogP contribution in [-0.4, -0.2) is 19.1 Å². The molecule has 4 rings (SSSR count). The summed E-state index contributed by atoms with van der Waals surface area (Å²) in [5.41, 5.74) is 0.511. The number of fused-ring (bicyclic) bond motifs is 1. The highest BCUT2D eigenvalue weighted by atomic mass is 16.6. The number of nitriles is 1. The summed E-state index contributed by atoms with van der Waals surface area (Å²) in [5.74, 6) is 3.22. The van der Waals surface area contributed by atoms with Crippen molar-refractivity contribution in [3.05, 3.63) is 47.4 Å². The van der Waals surface area contributed by atoms with Crippen LogP contribution in [0.1, 0.15) is 30.8 Å². The van der Waals surface area contributed by atoms with Gasteiger partial charge in [0.25, 0.3) is 5.91 Å². The molecule has 0 spiro atoms. The Labute approximate surface area is 151 Å². The SMILES string of the molecule is C[C@@H]1C[C@H]1c1ccc(/C=C(\C#N)C(=O)Nc2ccc3c(c2)OCCO3)o1. The maximum atomic E-state index is 12.4. The molecule has 1 aliphatic heterocycles. The number of nitrogens with one attached hydrogen (secondary N) is 1. The smallest absolute Gasteiger partial charge is 0.266 e. The van der Waals surface area contributed by atoms with Crippen LogP contribution in [0.15, 0.2) is 40.3 Å². The topological polar surface area (TPSA) is 84.5 Å². The minimum absolute atomic E-state index is 0.0235. The summed E-state index contributed by atoms with van der Waals surface area (Å²) in [6.45, 7) is 3.14. The molecule has 0 bridgehead atoms. The minimum atomic E-state index is -0.498. The van der Waals surface area contributed by atoms with Gasteiger partial charge in [0.05, 0.1) is 0 Å². The van der Waals surface area contributed by atoms with Crippen molar-refractivity contribution < 1.29 is 18.7 Å². The second kappa shape index (κ2) is 6.60. The molecule has 1 aromatic carbocycles. The second-order valence-corrected chi connectivity index (χ2v) is 6.54. The predicted octanol–water partition coefficient (Wildman–Crippen LogP) is 3.72. The number of amides is 1. The number of benzene rings is 1. The van der Waals surface area contributed by atoms with E-state index >= 15 is 0 Å². The highest BCUT2D eigenvalue weighted by Crippen LogP contribution is 2.47. The summed E-state index contributed by atoms with van der Waals surface area (Å²) in [7, 11) is 0. The van der Waals surface area contributed by atoms with Crippen molar-refractivity contribution in [2.45, 2.75) is 19.3 Å². The Morgan fingerprint density at radius 1 is 1.23 bits per heavy atom. The van der Waals surface area contributed by atoms with E-state index in [2.05, 4.69) is 12.2 Å². The molecule has 6 heteroatoms. The van der Waals surface area contributed by atoms with E-state index in [1.165, 1.54) is 6.08 Å². The maximum absolute atomic E-state index is 12.4. The van der Waals surface area contributed by atoms with Crippen LogP contribution in [0.4, 0.5) is 5.69 Å². The number of nitrogens with zero attached hydrogens (tertiary/aromatic N) is 1. The average Bonchev–Trinajstić information content (AvgIpc) is 3.20. The van der Waals surface area contributed by atoms with Gasteiger partial charge in [-0.3, -0.25) is 4.79 Å². The molecule has 132 valence electrons. The molecule has 2 aliphatic rings. The van der Waals surface area contributed by atoms with E-state index in [0.717, 1.165) is 12.2 Å². The number of rotatable bonds is 4. The van der Waals surface area contributed by atoms with E-state index in [1.54, 1.807) is 24.3 Å². The first-order chi connectivity index (χ1) is 12.6. The van der Waals surface area contributed by atoms with Crippen molar-refractivity contribution in [3.63, 3.8) is 0 Å². The van der Waals surface area contributed by atoms with Crippen LogP contribution >= 0.6 is 0 Å². The van der Waals surface area contributed by atoms with Gasteiger partial charge in [-0.25, -0.2) is 0 Å². The van der Waals surface area contributed by atoms with Gasteiger partial charge in [0.2, 0.25) is 0 Å². The second-order valence-electron chi connectivity index (χ2n) is 6.54. The summed E-state index contributed by atoms with van der Waals surface area (Å²) in [5, 5.41) is 12.0. The first kappa shape index (κ1) is 16.3. The molecule has 26 heavy (non-hydrogen) atoms. The number of hydrogen-bond acceptors (Lipinski definition) is 5. The van der Waals surface area contributed by atoms with E-state index < -0.39 is 5.91 Å². The molecule has 1 N–H and O–H groups in total. The lowest BCUT2D eigenvalue weighted by atomic mass is 10.2. The van der Waals surface area contributed by atoms with E-state index in [4.69, 9.17) is 13.9 Å². The minimum Gasteiger partial charge on any atom is -0.486 e. The highest BCUT2D eigenvalue weighted by Gasteiger charge is 2.36. The van der Waals surface area contributed by atoms with Gasteiger partial charge in [-0.05, 0) is 36.6 Å². The highest BCUT2D eigenvalue weighted by molar-refractivity contribution is 6.09. The van der Waals surface area contributed by atoms with Crippen LogP contribution < -0.4 is 14.8 Å². The van der Waals surface area contributed by atoms with Crippen LogP contribution in [-0.2, 0) is 4.79 Å². The molecular weight excluding hydrogens is 332 g/mol. The first-order valence-corrected chi connectivity index (χ1v) is 8.56. The summed E-state index contributed by atoms with van der Waals surface area (Å²) >= 11 is 0. The maximum Gasteiger partial charge on any atom is 0.266 e. The quantitative estimate of drug-likeness (QED) is 0.671. The third-order valence-electron chi connectivity index (χ3n) is 4.57. The molecule has 2 aromatic rings. The molecule has 0 saturated heterocycles. The Morgan fingerprint density at radius 2 is 2.00 bits per heavy atom. The number of anilines is 1. The molecule has 2 atom stereocenters. The third-order valence-corrected chi connectivity index (χ3v) is 4.57. The van der Waals surface area contributed by atoms with E-state index in [1.807, 2.05) is 12.1 Å². The fourth-order valence-electron chi connectivity index (χ4n) is 2.97. The Bertz CT molecular complexity index is 922. The van der Waals surface area contributed by atoms with E-state index in [-0.39, 0.29) is 5.57 Å². The Balaban J connectivity index is 1.48. The number of carbonyl (C=O) groups excluding carboxylic acids is 1. The fraction of sp³-hybridized carbons (Fsp3) is 0.300. The zero-order chi connectivity index (χ0) is 18.1. The summed E-state index contributed by atoms with van der Waals surface area (Å²) in [6.07, 6.45) is 2.58. The molecular formula is C20H18N2O4. The van der Waals surface area contributed by atoms with Crippen molar-refractivity contribution in [2.75, 3.05) is 18.5 Å². The molecule has 2 heterocycles. The normalized spacial score (nSPS) is 21.0. The average molecular weight is 350 g/mol. The lowest BCUT2D eigenvalue weighted by molar-refractivity contribution is -0.112. The van der Waals surface area contributed by atoms with Crippen LogP contribution in [0.5, 0.6) is 11.5 Å². The van der Waals surface area contributed by atoms with E-state index in [9.17, 15) is 10.1 Å². The molecule has 1 aromatic heterocycles. The molecule has 1 fully saturated rings. The Kier molecular flexibility index (Phi) is 4.13. The van der Waals surface area contributed by atoms with Crippen molar-refractivity contribution in [3.8, 4) is 17.6 Å². The van der Waals surface area contributed by atoms with E-state index in [0.29, 0.717) is 48.0 Å². The zero-order valence-corrected chi connectivity index (χ0v) is 14.3. The van der Waals surface area contributed by atoms with Crippen molar-refractivity contribution >= 4 is 17.7 Å². The van der Waals surface area contributed by atoms with Gasteiger partial charge in [0.15, 0.2) is 11.5 Å². The van der Waals surface area contributed by atoms with Crippen molar-refractivity contribution in [1.82, 2.24) is 0 Å². The summed E-state index contributed by atoms with van der Waals surface area (Å²) in [4.78, 5) is 12.4. The Hall–Kier alpha value is -3.20. The van der Waals surface area contributed by atoms with Gasteiger partial charge in [-0.2, -0.15) is 5.26 Å². The lowest BCUT2D eigenvalue weighted by Gasteiger charge is -2.18. The van der Waals surface area contributed by atoms with Gasteiger partial charge in [-0.15, -0.1) is 0 Å². The molecule has 6 nitrogen and oxygen atoms in total. The van der Waals surface area contributed by atoms with Gasteiger partial charge in [-0.1, -0.05) is 6.92 Å².